The van der Waals surface area contributed by atoms with E-state index >= 15 is 0 Å². The van der Waals surface area contributed by atoms with Crippen LogP contribution in [0.25, 0.3) is 21.3 Å². The van der Waals surface area contributed by atoms with Gasteiger partial charge in [-0.15, -0.1) is 0 Å². The maximum Gasteiger partial charge on any atom is 0.305 e. The fourth-order valence-electron chi connectivity index (χ4n) is 3.65. The fraction of sp³-hybridized carbons (Fsp3) is 0.200. The molecular formula is C25H25N3O2S. The number of aromatic nitrogens is 1. The van der Waals surface area contributed by atoms with Gasteiger partial charge in [-0.3, -0.25) is 9.59 Å². The van der Waals surface area contributed by atoms with E-state index in [1.54, 1.807) is 4.90 Å². The molecule has 0 spiro atoms. The van der Waals surface area contributed by atoms with Gasteiger partial charge in [0.1, 0.15) is 0 Å². The second-order valence-corrected chi connectivity index (χ2v) is 9.46. The van der Waals surface area contributed by atoms with Crippen LogP contribution in [0.4, 0.5) is 0 Å². The molecule has 0 saturated heterocycles. The summed E-state index contributed by atoms with van der Waals surface area (Å²) in [6.07, 6.45) is 0. The Morgan fingerprint density at radius 3 is 2.48 bits per heavy atom. The molecule has 0 bridgehead atoms. The molecule has 158 valence electrons. The number of carbonyl (C=O) groups excluding carboxylic acids is 1. The smallest absolute Gasteiger partial charge is 0.305 e. The second kappa shape index (κ2) is 8.49. The summed E-state index contributed by atoms with van der Waals surface area (Å²) in [5.41, 5.74) is 10.3. The van der Waals surface area contributed by atoms with Crippen LogP contribution in [0.2, 0.25) is 0 Å². The molecule has 31 heavy (non-hydrogen) atoms. The zero-order valence-electron chi connectivity index (χ0n) is 17.6. The average Bonchev–Trinajstić information content (AvgIpc) is 3.12. The van der Waals surface area contributed by atoms with E-state index in [0.29, 0.717) is 18.7 Å². The second-order valence-electron chi connectivity index (χ2n) is 8.44. The Balaban J connectivity index is 1.64. The summed E-state index contributed by atoms with van der Waals surface area (Å²) in [7, 11) is 0. The molecule has 1 heterocycles. The zero-order chi connectivity index (χ0) is 22.0. The third kappa shape index (κ3) is 5.10. The number of nitrogens with two attached hydrogens (primary N) is 1. The molecule has 1 amide bonds. The SMILES string of the molecule is CC(C)(N)CN(Cc1cccc(-c2ccc3[nH]c(=O)sc3c2)c1)C(=O)c1ccccc1. The third-order valence-electron chi connectivity index (χ3n) is 4.96. The van der Waals surface area contributed by atoms with Crippen molar-refractivity contribution in [2.75, 3.05) is 6.54 Å². The molecule has 4 aromatic rings. The minimum absolute atomic E-state index is 0.0388. The number of amides is 1. The van der Waals surface area contributed by atoms with Gasteiger partial charge < -0.3 is 15.6 Å². The normalized spacial score (nSPS) is 11.6. The average molecular weight is 432 g/mol. The summed E-state index contributed by atoms with van der Waals surface area (Å²) < 4.78 is 0.929. The van der Waals surface area contributed by atoms with E-state index < -0.39 is 5.54 Å². The van der Waals surface area contributed by atoms with Crippen molar-refractivity contribution < 1.29 is 4.79 Å². The van der Waals surface area contributed by atoms with Crippen LogP contribution in [0.5, 0.6) is 0 Å². The van der Waals surface area contributed by atoms with Crippen molar-refractivity contribution in [1.29, 1.82) is 0 Å². The molecule has 4 rings (SSSR count). The van der Waals surface area contributed by atoms with Crippen LogP contribution >= 0.6 is 11.3 Å². The maximum atomic E-state index is 13.2. The lowest BCUT2D eigenvalue weighted by atomic mass is 10.0. The number of benzene rings is 3. The van der Waals surface area contributed by atoms with Crippen LogP contribution in [0.3, 0.4) is 0 Å². The third-order valence-corrected chi connectivity index (χ3v) is 5.81. The highest BCUT2D eigenvalue weighted by Crippen LogP contribution is 2.26. The van der Waals surface area contributed by atoms with E-state index in [-0.39, 0.29) is 10.8 Å². The zero-order valence-corrected chi connectivity index (χ0v) is 18.4. The molecule has 3 aromatic carbocycles. The van der Waals surface area contributed by atoms with E-state index in [0.717, 1.165) is 26.9 Å². The van der Waals surface area contributed by atoms with Gasteiger partial charge in [-0.25, -0.2) is 0 Å². The number of fused-ring (bicyclic) bond motifs is 1. The largest absolute Gasteiger partial charge is 0.332 e. The van der Waals surface area contributed by atoms with Crippen LogP contribution in [0, 0.1) is 0 Å². The Morgan fingerprint density at radius 1 is 1.00 bits per heavy atom. The first-order valence-corrected chi connectivity index (χ1v) is 11.0. The van der Waals surface area contributed by atoms with Crippen LogP contribution in [-0.2, 0) is 6.54 Å². The molecule has 0 radical (unpaired) electrons. The van der Waals surface area contributed by atoms with Gasteiger partial charge in [0.2, 0.25) is 0 Å². The number of thiazole rings is 1. The molecule has 0 aliphatic rings. The lowest BCUT2D eigenvalue weighted by Crippen LogP contribution is -2.47. The lowest BCUT2D eigenvalue weighted by molar-refractivity contribution is 0.0710. The molecule has 0 saturated carbocycles. The van der Waals surface area contributed by atoms with E-state index in [9.17, 15) is 9.59 Å². The predicted molar refractivity (Wildman–Crippen MR) is 127 cm³/mol. The van der Waals surface area contributed by atoms with Gasteiger partial charge in [-0.2, -0.15) is 0 Å². The molecule has 3 N–H and O–H groups in total. The molecule has 0 aliphatic heterocycles. The van der Waals surface area contributed by atoms with Crippen LogP contribution in [0.1, 0.15) is 29.8 Å². The number of hydrogen-bond acceptors (Lipinski definition) is 4. The summed E-state index contributed by atoms with van der Waals surface area (Å²) in [6, 6.07) is 23.4. The number of H-pyrrole nitrogens is 1. The number of nitrogens with zero attached hydrogens (tertiary/aromatic N) is 1. The topological polar surface area (TPSA) is 79.2 Å². The van der Waals surface area contributed by atoms with E-state index in [2.05, 4.69) is 11.1 Å². The van der Waals surface area contributed by atoms with E-state index in [4.69, 9.17) is 5.73 Å². The molecule has 0 unspecified atom stereocenters. The van der Waals surface area contributed by atoms with E-state index in [1.165, 1.54) is 11.3 Å². The van der Waals surface area contributed by atoms with Crippen molar-refractivity contribution >= 4 is 27.5 Å². The summed E-state index contributed by atoms with van der Waals surface area (Å²) >= 11 is 1.21. The molecule has 5 nitrogen and oxygen atoms in total. The summed E-state index contributed by atoms with van der Waals surface area (Å²) in [5.74, 6) is -0.0388. The summed E-state index contributed by atoms with van der Waals surface area (Å²) in [4.78, 5) is 29.4. The molecular weight excluding hydrogens is 406 g/mol. The molecule has 1 aromatic heterocycles. The Morgan fingerprint density at radius 2 is 1.74 bits per heavy atom. The first kappa shape index (κ1) is 21.0. The molecule has 0 fully saturated rings. The predicted octanol–water partition coefficient (Wildman–Crippen LogP) is 4.64. The first-order chi connectivity index (χ1) is 14.8. The fourth-order valence-corrected chi connectivity index (χ4v) is 4.42. The van der Waals surface area contributed by atoms with Crippen molar-refractivity contribution in [3.05, 3.63) is 93.6 Å². The summed E-state index contributed by atoms with van der Waals surface area (Å²) in [5, 5.41) is 0. The highest BCUT2D eigenvalue weighted by Gasteiger charge is 2.22. The standard InChI is InChI=1S/C25H25N3O2S/c1-25(2,26)16-28(23(29)18-8-4-3-5-9-18)15-17-7-6-10-19(13-17)20-11-12-21-22(14-20)31-24(30)27-21/h3-14H,15-16,26H2,1-2H3,(H,27,30). The van der Waals surface area contributed by atoms with Gasteiger partial charge >= 0.3 is 4.87 Å². The minimum Gasteiger partial charge on any atom is -0.332 e. The molecule has 6 heteroatoms. The Bertz CT molecular complexity index is 1270. The van der Waals surface area contributed by atoms with Crippen molar-refractivity contribution in [2.45, 2.75) is 25.9 Å². The minimum atomic E-state index is -0.515. The number of rotatable bonds is 6. The number of carbonyl (C=O) groups is 1. The number of nitrogens with one attached hydrogen (secondary N) is 1. The van der Waals surface area contributed by atoms with Gasteiger partial charge in [-0.05, 0) is 60.9 Å². The van der Waals surface area contributed by atoms with Gasteiger partial charge in [0.15, 0.2) is 0 Å². The van der Waals surface area contributed by atoms with Gasteiger partial charge in [0, 0.05) is 24.2 Å². The maximum absolute atomic E-state index is 13.2. The van der Waals surface area contributed by atoms with Crippen molar-refractivity contribution in [1.82, 2.24) is 9.88 Å². The number of hydrogen-bond donors (Lipinski definition) is 2. The van der Waals surface area contributed by atoms with Crippen molar-refractivity contribution in [3.63, 3.8) is 0 Å². The monoisotopic (exact) mass is 431 g/mol. The van der Waals surface area contributed by atoms with Crippen LogP contribution in [-0.4, -0.2) is 27.9 Å². The summed E-state index contributed by atoms with van der Waals surface area (Å²) in [6.45, 7) is 4.74. The van der Waals surface area contributed by atoms with Crippen LogP contribution < -0.4 is 10.6 Å². The van der Waals surface area contributed by atoms with Crippen molar-refractivity contribution in [3.8, 4) is 11.1 Å². The Hall–Kier alpha value is -3.22. The van der Waals surface area contributed by atoms with Gasteiger partial charge in [-0.1, -0.05) is 53.8 Å². The Kier molecular flexibility index (Phi) is 5.76. The first-order valence-electron chi connectivity index (χ1n) is 10.1. The molecule has 0 atom stereocenters. The van der Waals surface area contributed by atoms with Gasteiger partial charge in [0.25, 0.3) is 5.91 Å². The number of aromatic amines is 1. The quantitative estimate of drug-likeness (QED) is 0.467. The van der Waals surface area contributed by atoms with Crippen molar-refractivity contribution in [2.24, 2.45) is 5.73 Å². The van der Waals surface area contributed by atoms with Gasteiger partial charge in [0.05, 0.1) is 10.2 Å². The van der Waals surface area contributed by atoms with Crippen LogP contribution in [0.15, 0.2) is 77.6 Å². The Labute approximate surface area is 185 Å². The highest BCUT2D eigenvalue weighted by molar-refractivity contribution is 7.16. The lowest BCUT2D eigenvalue weighted by Gasteiger charge is -2.30. The molecule has 0 aliphatic carbocycles. The highest BCUT2D eigenvalue weighted by atomic mass is 32.1. The van der Waals surface area contributed by atoms with E-state index in [1.807, 2.05) is 80.6 Å².